The topological polar surface area (TPSA) is 124 Å². The Bertz CT molecular complexity index is 1280. The predicted octanol–water partition coefficient (Wildman–Crippen LogP) is 3.26. The highest BCUT2D eigenvalue weighted by atomic mass is 35.5. The van der Waals surface area contributed by atoms with E-state index in [9.17, 15) is 10.1 Å². The number of rotatable bonds is 3. The molecule has 2 bridgehead atoms. The highest BCUT2D eigenvalue weighted by Gasteiger charge is 2.43. The molecule has 2 atom stereocenters. The molecule has 1 saturated heterocycles. The smallest absolute Gasteiger partial charge is 0.262 e. The number of halogens is 1. The Morgan fingerprint density at radius 2 is 2.12 bits per heavy atom. The summed E-state index contributed by atoms with van der Waals surface area (Å²) in [7, 11) is 0. The fourth-order valence-corrected chi connectivity index (χ4v) is 4.81. The number of nitrogens with zero attached hydrogens (tertiary/aromatic N) is 7. The summed E-state index contributed by atoms with van der Waals surface area (Å²) in [6.07, 6.45) is 8.24. The highest BCUT2D eigenvalue weighted by molar-refractivity contribution is 6.36. The average molecular weight is 475 g/mol. The van der Waals surface area contributed by atoms with Crippen LogP contribution in [0.5, 0.6) is 0 Å². The van der Waals surface area contributed by atoms with Gasteiger partial charge in [0.25, 0.3) is 5.91 Å². The summed E-state index contributed by atoms with van der Waals surface area (Å²) in [5.41, 5.74) is 7.33. The lowest BCUT2D eigenvalue weighted by atomic mass is 9.99. The number of aliphatic imine (C=N–C) groups is 1. The Kier molecular flexibility index (Phi) is 5.75. The van der Waals surface area contributed by atoms with Crippen LogP contribution in [0, 0.1) is 18.3 Å². The fraction of sp³-hybridized carbons (Fsp3) is 0.333. The molecule has 1 fully saturated rings. The van der Waals surface area contributed by atoms with Gasteiger partial charge in [0.15, 0.2) is 5.82 Å². The van der Waals surface area contributed by atoms with Crippen molar-refractivity contribution in [3.8, 4) is 6.07 Å². The molecule has 0 radical (unpaired) electrons. The van der Waals surface area contributed by atoms with Crippen LogP contribution < -0.4 is 15.5 Å². The third-order valence-electron chi connectivity index (χ3n) is 6.33. The normalized spacial score (nSPS) is 22.4. The van der Waals surface area contributed by atoms with E-state index in [4.69, 9.17) is 22.3 Å². The SMILES string of the molecule is Cc1nc(N)nc(N2CCC2C2=NC3CCC=CC(Cl)=C(C3)C(=O)N2c2ccccn2)c1C#N. The minimum atomic E-state index is -0.277. The van der Waals surface area contributed by atoms with Crippen LogP contribution in [-0.2, 0) is 4.79 Å². The quantitative estimate of drug-likeness (QED) is 0.723. The molecule has 1 aliphatic carbocycles. The molecule has 1 amide bonds. The number of nitrogens with two attached hydrogens (primary N) is 1. The van der Waals surface area contributed by atoms with E-state index in [2.05, 4.69) is 21.0 Å². The second kappa shape index (κ2) is 8.88. The molecule has 2 unspecified atom stereocenters. The first-order chi connectivity index (χ1) is 16.5. The van der Waals surface area contributed by atoms with Gasteiger partial charge in [0, 0.05) is 29.8 Å². The maximum atomic E-state index is 13.9. The number of amidine groups is 1. The van der Waals surface area contributed by atoms with Gasteiger partial charge in [-0.1, -0.05) is 23.7 Å². The zero-order valence-electron chi connectivity index (χ0n) is 18.6. The standard InChI is InChI=1S/C24H23ClN8O/c1-14-17(13-26)21(31-24(27)29-14)32-11-9-19(32)22-30-15-6-2-3-7-18(25)16(12-15)23(34)33(22)20-8-4-5-10-28-20/h3-5,7-8,10,15,19H,2,6,9,11-12H2,1H3,(H2,27,29,31). The Balaban J connectivity index is 1.64. The highest BCUT2D eigenvalue weighted by Crippen LogP contribution is 2.36. The van der Waals surface area contributed by atoms with Gasteiger partial charge in [-0.2, -0.15) is 10.2 Å². The average Bonchev–Trinajstić information content (AvgIpc) is 2.92. The molecule has 5 rings (SSSR count). The van der Waals surface area contributed by atoms with Crippen molar-refractivity contribution < 1.29 is 4.79 Å². The fourth-order valence-electron chi connectivity index (χ4n) is 4.56. The van der Waals surface area contributed by atoms with Crippen molar-refractivity contribution in [2.75, 3.05) is 22.1 Å². The van der Waals surface area contributed by atoms with E-state index in [0.29, 0.717) is 52.3 Å². The van der Waals surface area contributed by atoms with Gasteiger partial charge in [-0.15, -0.1) is 0 Å². The summed E-state index contributed by atoms with van der Waals surface area (Å²) in [5, 5.41) is 10.2. The van der Waals surface area contributed by atoms with Gasteiger partial charge in [-0.3, -0.25) is 9.79 Å². The lowest BCUT2D eigenvalue weighted by Gasteiger charge is -2.44. The van der Waals surface area contributed by atoms with Crippen LogP contribution in [0.15, 0.2) is 52.1 Å². The number of pyridine rings is 1. The molecule has 10 heteroatoms. The Labute approximate surface area is 202 Å². The zero-order valence-corrected chi connectivity index (χ0v) is 19.4. The van der Waals surface area contributed by atoms with E-state index in [1.165, 1.54) is 0 Å². The first-order valence-corrected chi connectivity index (χ1v) is 11.5. The third-order valence-corrected chi connectivity index (χ3v) is 6.69. The van der Waals surface area contributed by atoms with Gasteiger partial charge in [-0.25, -0.2) is 14.9 Å². The number of nitriles is 1. The van der Waals surface area contributed by atoms with E-state index in [1.807, 2.05) is 17.0 Å². The summed E-state index contributed by atoms with van der Waals surface area (Å²) in [4.78, 5) is 35.5. The minimum absolute atomic E-state index is 0.101. The van der Waals surface area contributed by atoms with Crippen LogP contribution in [0.1, 0.15) is 36.9 Å². The number of amides is 1. The van der Waals surface area contributed by atoms with Crippen molar-refractivity contribution in [1.82, 2.24) is 15.0 Å². The van der Waals surface area contributed by atoms with E-state index in [-0.39, 0.29) is 23.9 Å². The van der Waals surface area contributed by atoms with Crippen molar-refractivity contribution in [3.05, 3.63) is 58.4 Å². The molecule has 4 heterocycles. The molecule has 2 aromatic heterocycles. The first-order valence-electron chi connectivity index (χ1n) is 11.2. The number of fused-ring (bicyclic) bond motifs is 2. The number of carbonyl (C=O) groups excluding carboxylic acids is 1. The summed E-state index contributed by atoms with van der Waals surface area (Å²) >= 11 is 6.55. The molecular formula is C24H23ClN8O. The second-order valence-corrected chi connectivity index (χ2v) is 8.86. The Morgan fingerprint density at radius 1 is 1.26 bits per heavy atom. The van der Waals surface area contributed by atoms with Gasteiger partial charge in [-0.05, 0) is 44.4 Å². The van der Waals surface area contributed by atoms with Crippen molar-refractivity contribution in [3.63, 3.8) is 0 Å². The molecule has 2 aliphatic heterocycles. The Hall–Kier alpha value is -3.77. The number of carbonyl (C=O) groups is 1. The lowest BCUT2D eigenvalue weighted by Crippen LogP contribution is -2.59. The van der Waals surface area contributed by atoms with Crippen molar-refractivity contribution in [2.24, 2.45) is 4.99 Å². The third kappa shape index (κ3) is 3.80. The number of hydrogen-bond acceptors (Lipinski definition) is 8. The molecule has 0 saturated carbocycles. The van der Waals surface area contributed by atoms with Crippen LogP contribution in [0.25, 0.3) is 0 Å². The van der Waals surface area contributed by atoms with E-state index in [1.54, 1.807) is 36.2 Å². The number of nitrogen functional groups attached to an aromatic ring is 1. The van der Waals surface area contributed by atoms with Gasteiger partial charge in [0.1, 0.15) is 23.3 Å². The van der Waals surface area contributed by atoms with Crippen LogP contribution in [-0.4, -0.2) is 45.3 Å². The number of aromatic nitrogens is 3. The molecule has 2 N–H and O–H groups in total. The van der Waals surface area contributed by atoms with Crippen LogP contribution in [0.4, 0.5) is 17.6 Å². The number of hydrogen-bond donors (Lipinski definition) is 1. The van der Waals surface area contributed by atoms with Crippen molar-refractivity contribution in [2.45, 2.75) is 44.7 Å². The van der Waals surface area contributed by atoms with Crippen LogP contribution in [0.2, 0.25) is 0 Å². The van der Waals surface area contributed by atoms with Gasteiger partial charge in [0.2, 0.25) is 5.95 Å². The van der Waals surface area contributed by atoms with Crippen molar-refractivity contribution in [1.29, 1.82) is 5.26 Å². The molecule has 34 heavy (non-hydrogen) atoms. The van der Waals surface area contributed by atoms with E-state index >= 15 is 0 Å². The maximum absolute atomic E-state index is 13.9. The molecular weight excluding hydrogens is 452 g/mol. The monoisotopic (exact) mass is 474 g/mol. The molecule has 0 spiro atoms. The summed E-state index contributed by atoms with van der Waals surface area (Å²) in [5.74, 6) is 1.38. The Morgan fingerprint density at radius 3 is 2.82 bits per heavy atom. The predicted molar refractivity (Wildman–Crippen MR) is 130 cm³/mol. The molecule has 9 nitrogen and oxygen atoms in total. The number of aryl methyl sites for hydroxylation is 1. The number of allylic oxidation sites excluding steroid dienone is 3. The molecule has 0 aromatic carbocycles. The zero-order chi connectivity index (χ0) is 23.8. The molecule has 172 valence electrons. The number of anilines is 3. The van der Waals surface area contributed by atoms with Crippen molar-refractivity contribution >= 4 is 40.9 Å². The minimum Gasteiger partial charge on any atom is -0.368 e. The van der Waals surface area contributed by atoms with E-state index in [0.717, 1.165) is 19.3 Å². The first kappa shape index (κ1) is 22.0. The van der Waals surface area contributed by atoms with Gasteiger partial charge < -0.3 is 10.6 Å². The maximum Gasteiger partial charge on any atom is 0.262 e. The van der Waals surface area contributed by atoms with Gasteiger partial charge >= 0.3 is 0 Å². The van der Waals surface area contributed by atoms with Crippen LogP contribution >= 0.6 is 11.6 Å². The lowest BCUT2D eigenvalue weighted by molar-refractivity contribution is -0.114. The van der Waals surface area contributed by atoms with Gasteiger partial charge in [0.05, 0.1) is 17.8 Å². The second-order valence-electron chi connectivity index (χ2n) is 8.46. The largest absolute Gasteiger partial charge is 0.368 e. The van der Waals surface area contributed by atoms with Crippen LogP contribution in [0.3, 0.4) is 0 Å². The molecule has 3 aliphatic rings. The summed E-state index contributed by atoms with van der Waals surface area (Å²) in [6, 6.07) is 7.24. The summed E-state index contributed by atoms with van der Waals surface area (Å²) in [6.45, 7) is 2.38. The molecule has 2 aromatic rings. The van der Waals surface area contributed by atoms with E-state index < -0.39 is 0 Å². The summed E-state index contributed by atoms with van der Waals surface area (Å²) < 4.78 is 0.